The molecular formula is C22H27FN2O. The first-order valence-electron chi connectivity index (χ1n) is 9.18. The van der Waals surface area contributed by atoms with Crippen LogP contribution in [-0.2, 0) is 0 Å². The third-order valence-corrected chi connectivity index (χ3v) is 5.43. The highest BCUT2D eigenvalue weighted by atomic mass is 19.1. The van der Waals surface area contributed by atoms with E-state index >= 15 is 0 Å². The second-order valence-corrected chi connectivity index (χ2v) is 7.74. The summed E-state index contributed by atoms with van der Waals surface area (Å²) in [6.07, 6.45) is 0. The van der Waals surface area contributed by atoms with Crippen molar-refractivity contribution >= 4 is 5.91 Å². The van der Waals surface area contributed by atoms with Gasteiger partial charge in [-0.05, 0) is 61.3 Å². The Kier molecular flexibility index (Phi) is 5.42. The van der Waals surface area contributed by atoms with Gasteiger partial charge in [-0.25, -0.2) is 4.39 Å². The first-order valence-corrected chi connectivity index (χ1v) is 9.18. The van der Waals surface area contributed by atoms with E-state index in [1.165, 1.54) is 12.1 Å². The zero-order valence-corrected chi connectivity index (χ0v) is 15.9. The van der Waals surface area contributed by atoms with Crippen molar-refractivity contribution in [3.63, 3.8) is 0 Å². The molecule has 1 heterocycles. The monoisotopic (exact) mass is 354 g/mol. The maximum absolute atomic E-state index is 13.4. The number of rotatable bonds is 4. The van der Waals surface area contributed by atoms with E-state index in [2.05, 4.69) is 32.8 Å². The lowest BCUT2D eigenvalue weighted by molar-refractivity contribution is 0.0780. The van der Waals surface area contributed by atoms with E-state index in [4.69, 9.17) is 0 Å². The highest BCUT2D eigenvalue weighted by Gasteiger charge is 2.38. The molecule has 26 heavy (non-hydrogen) atoms. The minimum absolute atomic E-state index is 0.0748. The van der Waals surface area contributed by atoms with Crippen LogP contribution in [0.5, 0.6) is 0 Å². The van der Waals surface area contributed by atoms with E-state index in [9.17, 15) is 9.18 Å². The summed E-state index contributed by atoms with van der Waals surface area (Å²) < 4.78 is 13.4. The molecule has 0 aliphatic carbocycles. The average Bonchev–Trinajstić information content (AvgIpc) is 3.07. The molecule has 2 aromatic carbocycles. The van der Waals surface area contributed by atoms with E-state index in [-0.39, 0.29) is 11.7 Å². The summed E-state index contributed by atoms with van der Waals surface area (Å²) in [7, 11) is 4.17. The van der Waals surface area contributed by atoms with Crippen molar-refractivity contribution < 1.29 is 9.18 Å². The molecule has 0 aromatic heterocycles. The highest BCUT2D eigenvalue weighted by molar-refractivity contribution is 5.95. The summed E-state index contributed by atoms with van der Waals surface area (Å²) in [4.78, 5) is 17.1. The SMILES string of the molecule is CC(C)[C@@H]1CN(C(=O)c2ccc(-c3cccc(F)c3)cc2)C[C@H]1N(C)C. The average molecular weight is 354 g/mol. The van der Waals surface area contributed by atoms with Gasteiger partial charge < -0.3 is 9.80 Å². The largest absolute Gasteiger partial charge is 0.337 e. The van der Waals surface area contributed by atoms with Gasteiger partial charge in [-0.15, -0.1) is 0 Å². The molecular weight excluding hydrogens is 327 g/mol. The minimum atomic E-state index is -0.255. The van der Waals surface area contributed by atoms with Crippen LogP contribution in [0.2, 0.25) is 0 Å². The second kappa shape index (κ2) is 7.58. The number of carbonyl (C=O) groups excluding carboxylic acids is 1. The summed E-state index contributed by atoms with van der Waals surface area (Å²) >= 11 is 0. The summed E-state index contributed by atoms with van der Waals surface area (Å²) in [5, 5.41) is 0. The van der Waals surface area contributed by atoms with Crippen LogP contribution < -0.4 is 0 Å². The van der Waals surface area contributed by atoms with Crippen LogP contribution in [0.1, 0.15) is 24.2 Å². The molecule has 0 spiro atoms. The molecule has 1 saturated heterocycles. The van der Waals surface area contributed by atoms with Crippen molar-refractivity contribution in [1.29, 1.82) is 0 Å². The molecule has 3 nitrogen and oxygen atoms in total. The maximum atomic E-state index is 13.4. The van der Waals surface area contributed by atoms with Crippen molar-refractivity contribution in [2.45, 2.75) is 19.9 Å². The predicted molar refractivity (Wildman–Crippen MR) is 104 cm³/mol. The lowest BCUT2D eigenvalue weighted by atomic mass is 9.91. The van der Waals surface area contributed by atoms with Crippen LogP contribution in [-0.4, -0.2) is 48.9 Å². The zero-order chi connectivity index (χ0) is 18.8. The Hall–Kier alpha value is -2.20. The lowest BCUT2D eigenvalue weighted by Crippen LogP contribution is -2.37. The predicted octanol–water partition coefficient (Wildman–Crippen LogP) is 4.15. The summed E-state index contributed by atoms with van der Waals surface area (Å²) in [5.41, 5.74) is 2.42. The molecule has 2 atom stereocenters. The minimum Gasteiger partial charge on any atom is -0.337 e. The van der Waals surface area contributed by atoms with Crippen LogP contribution in [0, 0.1) is 17.7 Å². The van der Waals surface area contributed by atoms with E-state index in [0.717, 1.165) is 24.2 Å². The van der Waals surface area contributed by atoms with Crippen LogP contribution in [0.4, 0.5) is 4.39 Å². The number of benzene rings is 2. The lowest BCUT2D eigenvalue weighted by Gasteiger charge is -2.27. The molecule has 0 N–H and O–H groups in total. The Balaban J connectivity index is 1.76. The Bertz CT molecular complexity index is 754. The van der Waals surface area contributed by atoms with E-state index in [1.54, 1.807) is 6.07 Å². The molecule has 0 bridgehead atoms. The van der Waals surface area contributed by atoms with Gasteiger partial charge in [-0.2, -0.15) is 0 Å². The number of halogens is 1. The fourth-order valence-corrected chi connectivity index (χ4v) is 3.83. The van der Waals surface area contributed by atoms with Crippen LogP contribution in [0.25, 0.3) is 11.1 Å². The van der Waals surface area contributed by atoms with Crippen molar-refractivity contribution in [2.24, 2.45) is 11.8 Å². The van der Waals surface area contributed by atoms with Gasteiger partial charge >= 0.3 is 0 Å². The Morgan fingerprint density at radius 2 is 1.77 bits per heavy atom. The second-order valence-electron chi connectivity index (χ2n) is 7.74. The number of likely N-dealkylation sites (N-methyl/N-ethyl adjacent to an activating group) is 1. The molecule has 1 aliphatic rings. The third-order valence-electron chi connectivity index (χ3n) is 5.43. The number of carbonyl (C=O) groups is 1. The first kappa shape index (κ1) is 18.6. The summed E-state index contributed by atoms with van der Waals surface area (Å²) in [6, 6.07) is 14.4. The molecule has 1 amide bonds. The Morgan fingerprint density at radius 1 is 1.08 bits per heavy atom. The summed E-state index contributed by atoms with van der Waals surface area (Å²) in [5.74, 6) is 0.844. The molecule has 138 valence electrons. The zero-order valence-electron chi connectivity index (χ0n) is 15.9. The van der Waals surface area contributed by atoms with Gasteiger partial charge in [0.15, 0.2) is 0 Å². The van der Waals surface area contributed by atoms with Crippen molar-refractivity contribution in [1.82, 2.24) is 9.80 Å². The van der Waals surface area contributed by atoms with Gasteiger partial charge in [0.2, 0.25) is 0 Å². The molecule has 1 aliphatic heterocycles. The molecule has 0 radical (unpaired) electrons. The van der Waals surface area contributed by atoms with Gasteiger partial charge in [-0.1, -0.05) is 38.1 Å². The smallest absolute Gasteiger partial charge is 0.253 e. The normalized spacial score (nSPS) is 20.2. The fourth-order valence-electron chi connectivity index (χ4n) is 3.83. The Morgan fingerprint density at radius 3 is 2.31 bits per heavy atom. The Labute approximate surface area is 155 Å². The van der Waals surface area contributed by atoms with Gasteiger partial charge in [0.1, 0.15) is 5.82 Å². The van der Waals surface area contributed by atoms with Crippen LogP contribution >= 0.6 is 0 Å². The van der Waals surface area contributed by atoms with Gasteiger partial charge in [0.25, 0.3) is 5.91 Å². The van der Waals surface area contributed by atoms with Gasteiger partial charge in [-0.3, -0.25) is 4.79 Å². The number of amides is 1. The van der Waals surface area contributed by atoms with Crippen molar-refractivity contribution in [3.05, 3.63) is 59.9 Å². The molecule has 3 rings (SSSR count). The molecule has 0 unspecified atom stereocenters. The third kappa shape index (κ3) is 3.80. The van der Waals surface area contributed by atoms with Crippen LogP contribution in [0.3, 0.4) is 0 Å². The first-order chi connectivity index (χ1) is 12.4. The highest BCUT2D eigenvalue weighted by Crippen LogP contribution is 2.29. The van der Waals surface area contributed by atoms with Gasteiger partial charge in [0.05, 0.1) is 0 Å². The molecule has 2 aromatic rings. The quantitative estimate of drug-likeness (QED) is 0.823. The molecule has 0 saturated carbocycles. The van der Waals surface area contributed by atoms with Crippen molar-refractivity contribution in [2.75, 3.05) is 27.2 Å². The maximum Gasteiger partial charge on any atom is 0.253 e. The van der Waals surface area contributed by atoms with Crippen LogP contribution in [0.15, 0.2) is 48.5 Å². The molecule has 1 fully saturated rings. The van der Waals surface area contributed by atoms with Gasteiger partial charge in [0, 0.05) is 24.7 Å². The number of likely N-dealkylation sites (tertiary alicyclic amines) is 1. The van der Waals surface area contributed by atoms with E-state index < -0.39 is 0 Å². The number of nitrogens with zero attached hydrogens (tertiary/aromatic N) is 2. The molecule has 4 heteroatoms. The van der Waals surface area contributed by atoms with E-state index in [0.29, 0.717) is 23.4 Å². The summed E-state index contributed by atoms with van der Waals surface area (Å²) in [6.45, 7) is 6.01. The number of hydrogen-bond acceptors (Lipinski definition) is 2. The number of hydrogen-bond donors (Lipinski definition) is 0. The van der Waals surface area contributed by atoms with E-state index in [1.807, 2.05) is 35.2 Å². The topological polar surface area (TPSA) is 23.6 Å². The fraction of sp³-hybridized carbons (Fsp3) is 0.409. The standard InChI is InChI=1S/C22H27FN2O/c1-15(2)20-13-25(14-21(20)24(3)4)22(26)17-10-8-16(9-11-17)18-6-5-7-19(23)12-18/h5-12,15,20-21H,13-14H2,1-4H3/t20-,21+/m0/s1. The van der Waals surface area contributed by atoms with Crippen molar-refractivity contribution in [3.8, 4) is 11.1 Å².